The van der Waals surface area contributed by atoms with Gasteiger partial charge in [0.15, 0.2) is 5.16 Å². The lowest BCUT2D eigenvalue weighted by Gasteiger charge is -2.44. The number of aromatic nitrogens is 2. The molecule has 2 aliphatic carbocycles. The Balaban J connectivity index is 1.31. The first-order chi connectivity index (χ1) is 13.7. The largest absolute Gasteiger partial charge is 0.339 e. The third kappa shape index (κ3) is 3.41. The molecule has 2 atom stereocenters. The molecule has 2 aromatic heterocycles. The van der Waals surface area contributed by atoms with E-state index in [1.54, 1.807) is 11.3 Å². The van der Waals surface area contributed by atoms with E-state index < -0.39 is 0 Å². The molecule has 0 radical (unpaired) electrons. The summed E-state index contributed by atoms with van der Waals surface area (Å²) in [6.07, 6.45) is 11.8. The van der Waals surface area contributed by atoms with Crippen molar-refractivity contribution in [2.75, 3.05) is 12.3 Å². The van der Waals surface area contributed by atoms with Gasteiger partial charge in [-0.25, -0.2) is 4.98 Å². The number of carbonyl (C=O) groups is 1. The van der Waals surface area contributed by atoms with Crippen molar-refractivity contribution in [2.24, 2.45) is 5.92 Å². The fourth-order valence-corrected chi connectivity index (χ4v) is 7.43. The second-order valence-electron chi connectivity index (χ2n) is 8.39. The number of fused-ring (bicyclic) bond motifs is 4. The summed E-state index contributed by atoms with van der Waals surface area (Å²) in [6, 6.07) is 0.439. The molecule has 1 amide bonds. The van der Waals surface area contributed by atoms with Crippen LogP contribution in [0.3, 0.4) is 0 Å². The van der Waals surface area contributed by atoms with Crippen molar-refractivity contribution in [1.29, 1.82) is 0 Å². The van der Waals surface area contributed by atoms with Crippen LogP contribution in [0.5, 0.6) is 0 Å². The quantitative estimate of drug-likeness (QED) is 0.602. The Hall–Kier alpha value is -1.34. The number of likely N-dealkylation sites (tertiary alicyclic amines) is 1. The van der Waals surface area contributed by atoms with Crippen LogP contribution in [0.15, 0.2) is 9.95 Å². The van der Waals surface area contributed by atoms with Crippen LogP contribution in [0.2, 0.25) is 0 Å². The molecule has 150 valence electrons. The molecule has 5 rings (SSSR count). The van der Waals surface area contributed by atoms with Crippen LogP contribution in [0.4, 0.5) is 0 Å². The minimum absolute atomic E-state index is 0.0373. The summed E-state index contributed by atoms with van der Waals surface area (Å²) in [6.45, 7) is 0.890. The van der Waals surface area contributed by atoms with Crippen LogP contribution in [0.25, 0.3) is 10.2 Å². The number of hydrogen-bond acceptors (Lipinski definition) is 5. The highest BCUT2D eigenvalue weighted by Crippen LogP contribution is 2.36. The Morgan fingerprint density at radius 3 is 2.89 bits per heavy atom. The number of amides is 1. The van der Waals surface area contributed by atoms with Gasteiger partial charge in [-0.1, -0.05) is 24.6 Å². The van der Waals surface area contributed by atoms with E-state index in [9.17, 15) is 9.59 Å². The number of nitrogens with one attached hydrogen (secondary N) is 1. The van der Waals surface area contributed by atoms with Gasteiger partial charge in [-0.3, -0.25) is 9.59 Å². The molecule has 0 unspecified atom stereocenters. The highest BCUT2D eigenvalue weighted by Gasteiger charge is 2.35. The number of nitrogens with zero attached hydrogens (tertiary/aromatic N) is 2. The molecule has 1 saturated heterocycles. The molecular weight excluding hydrogens is 390 g/mol. The number of thioether (sulfide) groups is 1. The Labute approximate surface area is 173 Å². The molecule has 1 aliphatic heterocycles. The molecule has 1 saturated carbocycles. The molecule has 3 heterocycles. The van der Waals surface area contributed by atoms with Crippen molar-refractivity contribution in [3.8, 4) is 0 Å². The smallest absolute Gasteiger partial charge is 0.260 e. The van der Waals surface area contributed by atoms with Gasteiger partial charge >= 0.3 is 0 Å². The predicted molar refractivity (Wildman–Crippen MR) is 114 cm³/mol. The number of aromatic amines is 1. The SMILES string of the molecule is O=C(CSc1nc2sc3c(c2c(=O)[nH]1)CCCC3)N1CCC[C@H]2CCCC[C@@H]21. The van der Waals surface area contributed by atoms with Crippen LogP contribution in [-0.2, 0) is 17.6 Å². The molecule has 2 aromatic rings. The first kappa shape index (κ1) is 18.7. The minimum Gasteiger partial charge on any atom is -0.339 e. The predicted octanol–water partition coefficient (Wildman–Crippen LogP) is 4.14. The molecule has 0 aromatic carbocycles. The molecule has 7 heteroatoms. The third-order valence-corrected chi connectivity index (χ3v) is 8.74. The van der Waals surface area contributed by atoms with Gasteiger partial charge < -0.3 is 9.88 Å². The van der Waals surface area contributed by atoms with Gasteiger partial charge in [0.1, 0.15) is 4.83 Å². The maximum atomic E-state index is 12.9. The van der Waals surface area contributed by atoms with E-state index >= 15 is 0 Å². The molecule has 3 aliphatic rings. The van der Waals surface area contributed by atoms with Gasteiger partial charge in [-0.05, 0) is 62.8 Å². The van der Waals surface area contributed by atoms with Crippen molar-refractivity contribution in [3.05, 3.63) is 20.8 Å². The second-order valence-corrected chi connectivity index (χ2v) is 10.4. The summed E-state index contributed by atoms with van der Waals surface area (Å²) in [4.78, 5) is 37.5. The van der Waals surface area contributed by atoms with E-state index in [4.69, 9.17) is 4.98 Å². The lowest BCUT2D eigenvalue weighted by molar-refractivity contribution is -0.134. The lowest BCUT2D eigenvalue weighted by atomic mass is 9.78. The van der Waals surface area contributed by atoms with Crippen molar-refractivity contribution >= 4 is 39.2 Å². The molecule has 1 N–H and O–H groups in total. The number of carbonyl (C=O) groups excluding carboxylic acids is 1. The zero-order chi connectivity index (χ0) is 19.1. The van der Waals surface area contributed by atoms with Crippen molar-refractivity contribution in [1.82, 2.24) is 14.9 Å². The van der Waals surface area contributed by atoms with E-state index in [1.807, 2.05) is 0 Å². The first-order valence-corrected chi connectivity index (χ1v) is 12.5. The van der Waals surface area contributed by atoms with Gasteiger partial charge in [-0.15, -0.1) is 11.3 Å². The zero-order valence-electron chi connectivity index (χ0n) is 16.2. The number of H-pyrrole nitrogens is 1. The highest BCUT2D eigenvalue weighted by atomic mass is 32.2. The number of thiophene rings is 1. The fourth-order valence-electron chi connectivity index (χ4n) is 5.36. The Bertz CT molecular complexity index is 949. The summed E-state index contributed by atoms with van der Waals surface area (Å²) in [5, 5.41) is 1.37. The normalized spacial score (nSPS) is 24.8. The van der Waals surface area contributed by atoms with E-state index in [2.05, 4.69) is 9.88 Å². The number of rotatable bonds is 3. The van der Waals surface area contributed by atoms with Crippen LogP contribution >= 0.6 is 23.1 Å². The Morgan fingerprint density at radius 1 is 1.14 bits per heavy atom. The lowest BCUT2D eigenvalue weighted by Crippen LogP contribution is -2.50. The van der Waals surface area contributed by atoms with E-state index in [-0.39, 0.29) is 11.5 Å². The van der Waals surface area contributed by atoms with E-state index in [0.29, 0.717) is 22.9 Å². The van der Waals surface area contributed by atoms with Gasteiger partial charge in [0.05, 0.1) is 11.1 Å². The standard InChI is InChI=1S/C21H27N3O2S2/c25-17(24-11-5-7-13-6-1-3-9-15(13)24)12-27-21-22-19(26)18-14-8-2-4-10-16(14)28-20(18)23-21/h13,15H,1-12H2,(H,22,23,26)/t13-,15+/m1/s1. The fraction of sp³-hybridized carbons (Fsp3) is 0.667. The van der Waals surface area contributed by atoms with Crippen molar-refractivity contribution in [2.45, 2.75) is 75.4 Å². The summed E-state index contributed by atoms with van der Waals surface area (Å²) in [5.74, 6) is 1.26. The first-order valence-electron chi connectivity index (χ1n) is 10.7. The molecule has 2 fully saturated rings. The van der Waals surface area contributed by atoms with Crippen molar-refractivity contribution in [3.63, 3.8) is 0 Å². The molecule has 5 nitrogen and oxygen atoms in total. The maximum Gasteiger partial charge on any atom is 0.260 e. The van der Waals surface area contributed by atoms with E-state index in [0.717, 1.165) is 48.9 Å². The highest BCUT2D eigenvalue weighted by molar-refractivity contribution is 7.99. The summed E-state index contributed by atoms with van der Waals surface area (Å²) in [5.41, 5.74) is 1.17. The third-order valence-electron chi connectivity index (χ3n) is 6.70. The monoisotopic (exact) mass is 417 g/mol. The average Bonchev–Trinajstić information content (AvgIpc) is 3.10. The molecular formula is C21H27N3O2S2. The topological polar surface area (TPSA) is 66.1 Å². The van der Waals surface area contributed by atoms with Gasteiger partial charge in [-0.2, -0.15) is 0 Å². The minimum atomic E-state index is -0.0373. The summed E-state index contributed by atoms with van der Waals surface area (Å²) >= 11 is 3.05. The van der Waals surface area contributed by atoms with Crippen molar-refractivity contribution < 1.29 is 4.79 Å². The molecule has 0 bridgehead atoms. The van der Waals surface area contributed by atoms with Crippen LogP contribution in [0.1, 0.15) is 61.8 Å². The number of aryl methyl sites for hydroxylation is 2. The Morgan fingerprint density at radius 2 is 1.96 bits per heavy atom. The Kier molecular flexibility index (Phi) is 5.22. The molecule has 28 heavy (non-hydrogen) atoms. The maximum absolute atomic E-state index is 12.9. The van der Waals surface area contributed by atoms with E-state index in [1.165, 1.54) is 54.3 Å². The molecule has 0 spiro atoms. The van der Waals surface area contributed by atoms with Gasteiger partial charge in [0.2, 0.25) is 5.91 Å². The zero-order valence-corrected chi connectivity index (χ0v) is 17.8. The van der Waals surface area contributed by atoms with Gasteiger partial charge in [0, 0.05) is 17.5 Å². The second kappa shape index (κ2) is 7.82. The number of piperidine rings is 1. The number of hydrogen-bond donors (Lipinski definition) is 1. The van der Waals surface area contributed by atoms with Crippen LogP contribution in [-0.4, -0.2) is 39.1 Å². The van der Waals surface area contributed by atoms with Gasteiger partial charge in [0.25, 0.3) is 5.56 Å². The summed E-state index contributed by atoms with van der Waals surface area (Å²) in [7, 11) is 0. The van der Waals surface area contributed by atoms with Crippen LogP contribution < -0.4 is 5.56 Å². The van der Waals surface area contributed by atoms with Crippen LogP contribution in [0, 0.1) is 5.92 Å². The summed E-state index contributed by atoms with van der Waals surface area (Å²) < 4.78 is 0. The average molecular weight is 418 g/mol.